The molecule has 0 radical (unpaired) electrons. The zero-order chi connectivity index (χ0) is 21.1. The van der Waals surface area contributed by atoms with Crippen LogP contribution in [0.5, 0.6) is 0 Å². The number of hydrogen-bond donors (Lipinski definition) is 0. The van der Waals surface area contributed by atoms with E-state index in [0.717, 1.165) is 19.5 Å². The van der Waals surface area contributed by atoms with Crippen molar-refractivity contribution in [3.05, 3.63) is 33.6 Å². The van der Waals surface area contributed by atoms with Gasteiger partial charge in [0.05, 0.1) is 16.7 Å². The molecule has 7 heteroatoms. The number of carbonyl (C=O) groups excluding carboxylic acids is 1. The summed E-state index contributed by atoms with van der Waals surface area (Å²) in [4.78, 5) is 32.5. The summed E-state index contributed by atoms with van der Waals surface area (Å²) in [7, 11) is 0. The predicted octanol–water partition coefficient (Wildman–Crippen LogP) is 4.69. The fraction of sp³-hybridized carbons (Fsp3) is 0.591. The topological polar surface area (TPSA) is 55.2 Å². The number of likely N-dealkylation sites (tertiary alicyclic amines) is 1. The van der Waals surface area contributed by atoms with Crippen LogP contribution in [0, 0.1) is 17.8 Å². The molecule has 0 saturated carbocycles. The minimum atomic E-state index is -0.0671. The van der Waals surface area contributed by atoms with E-state index in [2.05, 4.69) is 27.7 Å². The Kier molecular flexibility index (Phi) is 7.28. The Labute approximate surface area is 181 Å². The van der Waals surface area contributed by atoms with Crippen molar-refractivity contribution in [3.8, 4) is 0 Å². The number of thioether (sulfide) groups is 1. The van der Waals surface area contributed by atoms with E-state index in [1.165, 1.54) is 18.2 Å². The Morgan fingerprint density at radius 1 is 1.28 bits per heavy atom. The summed E-state index contributed by atoms with van der Waals surface area (Å²) in [5.41, 5.74) is 0.515. The number of benzene rings is 1. The first-order valence-electron chi connectivity index (χ1n) is 10.3. The number of fused-ring (bicyclic) bond motifs is 1. The number of nitrogens with zero attached hydrogens (tertiary/aromatic N) is 3. The van der Waals surface area contributed by atoms with Crippen LogP contribution >= 0.6 is 23.4 Å². The van der Waals surface area contributed by atoms with E-state index < -0.39 is 0 Å². The van der Waals surface area contributed by atoms with E-state index in [0.29, 0.717) is 51.1 Å². The standard InChI is InChI=1S/C22H30ClN3O2S/c1-14(2)7-8-26-21(28)18-6-5-17(23)10-19(18)24-22(26)29-13-20(27)25-11-15(3)9-16(4)12-25/h5-6,10,14-16H,7-9,11-13H2,1-4H3. The second-order valence-electron chi connectivity index (χ2n) is 8.73. The van der Waals surface area contributed by atoms with Crippen LogP contribution in [0.1, 0.15) is 40.5 Å². The Hall–Kier alpha value is -1.53. The summed E-state index contributed by atoms with van der Waals surface area (Å²) < 4.78 is 1.72. The van der Waals surface area contributed by atoms with E-state index in [9.17, 15) is 9.59 Å². The summed E-state index contributed by atoms with van der Waals surface area (Å²) in [5, 5.41) is 1.71. The maximum Gasteiger partial charge on any atom is 0.262 e. The van der Waals surface area contributed by atoms with Gasteiger partial charge in [0.25, 0.3) is 5.56 Å². The lowest BCUT2D eigenvalue weighted by molar-refractivity contribution is -0.130. The summed E-state index contributed by atoms with van der Waals surface area (Å²) in [5.74, 6) is 1.93. The molecule has 0 bridgehead atoms. The quantitative estimate of drug-likeness (QED) is 0.487. The van der Waals surface area contributed by atoms with Gasteiger partial charge in [-0.15, -0.1) is 0 Å². The Morgan fingerprint density at radius 2 is 1.97 bits per heavy atom. The molecule has 0 spiro atoms. The third-order valence-electron chi connectivity index (χ3n) is 5.36. The Morgan fingerprint density at radius 3 is 2.62 bits per heavy atom. The number of carbonyl (C=O) groups is 1. The van der Waals surface area contributed by atoms with Gasteiger partial charge in [0.15, 0.2) is 5.16 Å². The highest BCUT2D eigenvalue weighted by Crippen LogP contribution is 2.24. The van der Waals surface area contributed by atoms with Crippen molar-refractivity contribution in [2.75, 3.05) is 18.8 Å². The molecule has 1 aliphatic rings. The van der Waals surface area contributed by atoms with Crippen molar-refractivity contribution in [1.82, 2.24) is 14.5 Å². The van der Waals surface area contributed by atoms with Gasteiger partial charge in [0, 0.05) is 24.7 Å². The molecule has 2 unspecified atom stereocenters. The average Bonchev–Trinajstić information content (AvgIpc) is 2.64. The third-order valence-corrected chi connectivity index (χ3v) is 6.55. The van der Waals surface area contributed by atoms with Gasteiger partial charge in [0.1, 0.15) is 0 Å². The highest BCUT2D eigenvalue weighted by Gasteiger charge is 2.25. The lowest BCUT2D eigenvalue weighted by atomic mass is 9.92. The number of halogens is 1. The lowest BCUT2D eigenvalue weighted by Gasteiger charge is -2.35. The van der Waals surface area contributed by atoms with E-state index in [4.69, 9.17) is 16.6 Å². The largest absolute Gasteiger partial charge is 0.341 e. The van der Waals surface area contributed by atoms with Crippen molar-refractivity contribution in [2.24, 2.45) is 17.8 Å². The monoisotopic (exact) mass is 435 g/mol. The Balaban J connectivity index is 1.85. The van der Waals surface area contributed by atoms with Gasteiger partial charge in [-0.3, -0.25) is 14.2 Å². The predicted molar refractivity (Wildman–Crippen MR) is 121 cm³/mol. The normalized spacial score (nSPS) is 19.9. The van der Waals surface area contributed by atoms with Crippen LogP contribution in [0.4, 0.5) is 0 Å². The summed E-state index contributed by atoms with van der Waals surface area (Å²) >= 11 is 7.46. The van der Waals surface area contributed by atoms with Crippen LogP contribution in [0.3, 0.4) is 0 Å². The smallest absolute Gasteiger partial charge is 0.262 e. The van der Waals surface area contributed by atoms with E-state index >= 15 is 0 Å². The average molecular weight is 436 g/mol. The SMILES string of the molecule is CC(C)CCn1c(SCC(=O)N2CC(C)CC(C)C2)nc2cc(Cl)ccc2c1=O. The number of hydrogen-bond acceptors (Lipinski definition) is 4. The molecule has 1 aliphatic heterocycles. The number of piperidine rings is 1. The summed E-state index contributed by atoms with van der Waals surface area (Å²) in [6.45, 7) is 10.9. The Bertz CT molecular complexity index is 934. The van der Waals surface area contributed by atoms with E-state index in [1.807, 2.05) is 4.90 Å². The van der Waals surface area contributed by atoms with Gasteiger partial charge >= 0.3 is 0 Å². The molecule has 1 aromatic carbocycles. The maximum atomic E-state index is 13.1. The van der Waals surface area contributed by atoms with Crippen LogP contribution in [0.2, 0.25) is 5.02 Å². The number of rotatable bonds is 6. The van der Waals surface area contributed by atoms with Gasteiger partial charge in [-0.05, 0) is 48.8 Å². The van der Waals surface area contributed by atoms with Gasteiger partial charge in [-0.2, -0.15) is 0 Å². The first-order valence-corrected chi connectivity index (χ1v) is 11.7. The molecule has 2 heterocycles. The van der Waals surface area contributed by atoms with Gasteiger partial charge in [-0.1, -0.05) is 51.1 Å². The minimum absolute atomic E-state index is 0.0671. The van der Waals surface area contributed by atoms with Crippen molar-refractivity contribution in [3.63, 3.8) is 0 Å². The number of amides is 1. The molecule has 2 atom stereocenters. The zero-order valence-corrected chi connectivity index (χ0v) is 19.2. The molecule has 1 saturated heterocycles. The second-order valence-corrected chi connectivity index (χ2v) is 10.1. The van der Waals surface area contributed by atoms with Crippen molar-refractivity contribution in [2.45, 2.75) is 52.2 Å². The molecule has 0 aliphatic carbocycles. The molecule has 0 N–H and O–H groups in total. The van der Waals surface area contributed by atoms with Gasteiger partial charge in [-0.25, -0.2) is 4.98 Å². The summed E-state index contributed by atoms with van der Waals surface area (Å²) in [6, 6.07) is 5.16. The second kappa shape index (κ2) is 9.52. The van der Waals surface area contributed by atoms with E-state index in [1.54, 1.807) is 22.8 Å². The zero-order valence-electron chi connectivity index (χ0n) is 17.7. The number of aromatic nitrogens is 2. The van der Waals surface area contributed by atoms with Crippen LogP contribution in [0.25, 0.3) is 10.9 Å². The summed E-state index contributed by atoms with van der Waals surface area (Å²) in [6.07, 6.45) is 2.04. The van der Waals surface area contributed by atoms with E-state index in [-0.39, 0.29) is 11.5 Å². The maximum absolute atomic E-state index is 13.1. The molecule has 158 valence electrons. The first-order chi connectivity index (χ1) is 13.7. The van der Waals surface area contributed by atoms with Gasteiger partial charge in [0.2, 0.25) is 5.91 Å². The third kappa shape index (κ3) is 5.54. The molecular weight excluding hydrogens is 406 g/mol. The highest BCUT2D eigenvalue weighted by molar-refractivity contribution is 7.99. The first kappa shape index (κ1) is 22.2. The van der Waals surface area contributed by atoms with Crippen molar-refractivity contribution >= 4 is 40.2 Å². The van der Waals surface area contributed by atoms with Crippen molar-refractivity contribution in [1.29, 1.82) is 0 Å². The minimum Gasteiger partial charge on any atom is -0.341 e. The molecular formula is C22H30ClN3O2S. The molecule has 5 nitrogen and oxygen atoms in total. The lowest BCUT2D eigenvalue weighted by Crippen LogP contribution is -2.43. The van der Waals surface area contributed by atoms with Gasteiger partial charge < -0.3 is 4.90 Å². The van der Waals surface area contributed by atoms with Crippen LogP contribution in [-0.4, -0.2) is 39.2 Å². The molecule has 1 aromatic heterocycles. The van der Waals surface area contributed by atoms with Crippen LogP contribution in [-0.2, 0) is 11.3 Å². The molecule has 1 amide bonds. The molecule has 2 aromatic rings. The highest BCUT2D eigenvalue weighted by atomic mass is 35.5. The molecule has 1 fully saturated rings. The molecule has 3 rings (SSSR count). The van der Waals surface area contributed by atoms with Crippen LogP contribution < -0.4 is 5.56 Å². The van der Waals surface area contributed by atoms with Crippen molar-refractivity contribution < 1.29 is 4.79 Å². The molecule has 29 heavy (non-hydrogen) atoms. The van der Waals surface area contributed by atoms with Crippen LogP contribution in [0.15, 0.2) is 28.2 Å². The fourth-order valence-corrected chi connectivity index (χ4v) is 5.05. The fourth-order valence-electron chi connectivity index (χ4n) is 3.95.